The van der Waals surface area contributed by atoms with E-state index in [0.717, 1.165) is 22.5 Å². The molecule has 0 spiro atoms. The lowest BCUT2D eigenvalue weighted by Gasteiger charge is -2.23. The predicted octanol–water partition coefficient (Wildman–Crippen LogP) is 4.79. The minimum atomic E-state index is -0.319. The average molecular weight is 520 g/mol. The molecule has 0 saturated heterocycles. The van der Waals surface area contributed by atoms with Gasteiger partial charge < -0.3 is 28.6 Å². The number of hydrogen-bond donors (Lipinski definition) is 0. The van der Waals surface area contributed by atoms with Crippen LogP contribution in [-0.2, 0) is 0 Å². The zero-order valence-corrected chi connectivity index (χ0v) is 22.8. The van der Waals surface area contributed by atoms with Crippen LogP contribution in [0.5, 0.6) is 28.7 Å². The van der Waals surface area contributed by atoms with E-state index in [1.807, 2.05) is 61.5 Å². The quantitative estimate of drug-likeness (QED) is 0.402. The van der Waals surface area contributed by atoms with Crippen LogP contribution in [-0.4, -0.2) is 66.3 Å². The molecule has 1 heterocycles. The van der Waals surface area contributed by atoms with Gasteiger partial charge in [-0.25, -0.2) is 5.01 Å². The number of carbonyl (C=O) groups is 1. The van der Waals surface area contributed by atoms with Crippen molar-refractivity contribution in [2.75, 3.05) is 54.5 Å². The van der Waals surface area contributed by atoms with Crippen LogP contribution in [0.3, 0.4) is 0 Å². The van der Waals surface area contributed by atoms with E-state index < -0.39 is 0 Å². The number of hydrazone groups is 1. The van der Waals surface area contributed by atoms with E-state index >= 15 is 0 Å². The van der Waals surface area contributed by atoms with Gasteiger partial charge in [-0.1, -0.05) is 12.1 Å². The third-order valence-electron chi connectivity index (χ3n) is 6.54. The second-order valence-corrected chi connectivity index (χ2v) is 8.89. The SMILES string of the molecule is COc1ccc(C2=NN(C(=O)c3cc(OC)c(OC)c(OC)c3)[C@H](c3ccc(N(C)C)cc3)C2)cc1OC. The Labute approximate surface area is 223 Å². The van der Waals surface area contributed by atoms with Gasteiger partial charge in [0.15, 0.2) is 23.0 Å². The fourth-order valence-electron chi connectivity index (χ4n) is 4.48. The van der Waals surface area contributed by atoms with Crippen molar-refractivity contribution in [1.82, 2.24) is 5.01 Å². The molecule has 1 aliphatic heterocycles. The van der Waals surface area contributed by atoms with Gasteiger partial charge in [0, 0.05) is 37.3 Å². The molecule has 9 heteroatoms. The van der Waals surface area contributed by atoms with Crippen LogP contribution in [0, 0.1) is 0 Å². The molecule has 0 N–H and O–H groups in total. The van der Waals surface area contributed by atoms with E-state index in [1.54, 1.807) is 26.4 Å². The summed E-state index contributed by atoms with van der Waals surface area (Å²) in [7, 11) is 11.7. The van der Waals surface area contributed by atoms with Crippen LogP contribution in [0.2, 0.25) is 0 Å². The van der Waals surface area contributed by atoms with Crippen molar-refractivity contribution < 1.29 is 28.5 Å². The van der Waals surface area contributed by atoms with E-state index in [1.165, 1.54) is 26.3 Å². The molecular formula is C29H33N3O6. The monoisotopic (exact) mass is 519 g/mol. The van der Waals surface area contributed by atoms with Gasteiger partial charge in [-0.3, -0.25) is 4.79 Å². The van der Waals surface area contributed by atoms with Crippen molar-refractivity contribution in [3.8, 4) is 28.7 Å². The number of amides is 1. The highest BCUT2D eigenvalue weighted by molar-refractivity contribution is 6.05. The molecule has 3 aromatic carbocycles. The van der Waals surface area contributed by atoms with Gasteiger partial charge in [-0.15, -0.1) is 0 Å². The van der Waals surface area contributed by atoms with Gasteiger partial charge in [0.05, 0.1) is 47.3 Å². The Morgan fingerprint density at radius 3 is 1.92 bits per heavy atom. The number of carbonyl (C=O) groups excluding carboxylic acids is 1. The van der Waals surface area contributed by atoms with Crippen LogP contribution < -0.4 is 28.6 Å². The third-order valence-corrected chi connectivity index (χ3v) is 6.54. The molecule has 3 aromatic rings. The van der Waals surface area contributed by atoms with Gasteiger partial charge in [-0.05, 0) is 48.0 Å². The molecular weight excluding hydrogens is 486 g/mol. The van der Waals surface area contributed by atoms with E-state index in [2.05, 4.69) is 0 Å². The molecule has 200 valence electrons. The van der Waals surface area contributed by atoms with Gasteiger partial charge in [-0.2, -0.15) is 5.10 Å². The number of benzene rings is 3. The summed E-state index contributed by atoms with van der Waals surface area (Å²) >= 11 is 0. The lowest BCUT2D eigenvalue weighted by Crippen LogP contribution is -2.27. The average Bonchev–Trinajstić information content (AvgIpc) is 3.41. The summed E-state index contributed by atoms with van der Waals surface area (Å²) in [6.45, 7) is 0. The zero-order chi connectivity index (χ0) is 27.4. The van der Waals surface area contributed by atoms with Crippen molar-refractivity contribution in [3.05, 3.63) is 71.3 Å². The van der Waals surface area contributed by atoms with Crippen LogP contribution in [0.25, 0.3) is 0 Å². The summed E-state index contributed by atoms with van der Waals surface area (Å²) in [6.07, 6.45) is 0.521. The molecule has 4 rings (SSSR count). The molecule has 0 aromatic heterocycles. The Kier molecular flexibility index (Phi) is 7.95. The summed E-state index contributed by atoms with van der Waals surface area (Å²) < 4.78 is 27.3. The molecule has 1 amide bonds. The minimum Gasteiger partial charge on any atom is -0.493 e. The molecule has 9 nitrogen and oxygen atoms in total. The van der Waals surface area contributed by atoms with E-state index in [0.29, 0.717) is 40.7 Å². The maximum absolute atomic E-state index is 14.0. The summed E-state index contributed by atoms with van der Waals surface area (Å²) in [4.78, 5) is 16.0. The standard InChI is InChI=1S/C29H33N3O6/c1-31(2)21-11-8-18(9-12-21)23-17-22(19-10-13-24(34-3)25(14-19)35-4)30-32(23)29(33)20-15-26(36-5)28(38-7)27(16-20)37-6/h8-16,23H,17H2,1-7H3/t23-/m0/s1. The Hall–Kier alpha value is -4.40. The molecule has 0 aliphatic carbocycles. The predicted molar refractivity (Wildman–Crippen MR) is 146 cm³/mol. The highest BCUT2D eigenvalue weighted by Gasteiger charge is 2.35. The number of rotatable bonds is 9. The molecule has 38 heavy (non-hydrogen) atoms. The first-order valence-electron chi connectivity index (χ1n) is 12.1. The van der Waals surface area contributed by atoms with Gasteiger partial charge in [0.1, 0.15) is 0 Å². The third kappa shape index (κ3) is 5.04. The van der Waals surface area contributed by atoms with E-state index in [9.17, 15) is 4.79 Å². The van der Waals surface area contributed by atoms with Crippen LogP contribution in [0.15, 0.2) is 59.7 Å². The lowest BCUT2D eigenvalue weighted by molar-refractivity contribution is 0.0710. The van der Waals surface area contributed by atoms with Crippen molar-refractivity contribution in [2.24, 2.45) is 5.10 Å². The second-order valence-electron chi connectivity index (χ2n) is 8.89. The van der Waals surface area contributed by atoms with Crippen molar-refractivity contribution in [2.45, 2.75) is 12.5 Å². The fourth-order valence-corrected chi connectivity index (χ4v) is 4.48. The summed E-state index contributed by atoms with van der Waals surface area (Å²) in [6, 6.07) is 16.7. The fraction of sp³-hybridized carbons (Fsp3) is 0.310. The summed E-state index contributed by atoms with van der Waals surface area (Å²) in [5, 5.41) is 6.34. The normalized spacial score (nSPS) is 14.6. The first-order valence-corrected chi connectivity index (χ1v) is 12.1. The highest BCUT2D eigenvalue weighted by Crippen LogP contribution is 2.41. The van der Waals surface area contributed by atoms with Crippen LogP contribution >= 0.6 is 0 Å². The number of methoxy groups -OCH3 is 5. The first kappa shape index (κ1) is 26.7. The van der Waals surface area contributed by atoms with Crippen LogP contribution in [0.1, 0.15) is 33.9 Å². The summed E-state index contributed by atoms with van der Waals surface area (Å²) in [5.74, 6) is 2.13. The first-order chi connectivity index (χ1) is 18.3. The molecule has 0 bridgehead atoms. The summed E-state index contributed by atoms with van der Waals surface area (Å²) in [5.41, 5.74) is 4.00. The lowest BCUT2D eigenvalue weighted by atomic mass is 9.97. The second kappa shape index (κ2) is 11.3. The molecule has 0 unspecified atom stereocenters. The minimum absolute atomic E-state index is 0.290. The molecule has 0 saturated carbocycles. The van der Waals surface area contributed by atoms with E-state index in [4.69, 9.17) is 28.8 Å². The number of hydrogen-bond acceptors (Lipinski definition) is 8. The number of anilines is 1. The van der Waals surface area contributed by atoms with Crippen LogP contribution in [0.4, 0.5) is 5.69 Å². The largest absolute Gasteiger partial charge is 0.493 e. The Morgan fingerprint density at radius 1 is 0.789 bits per heavy atom. The Morgan fingerprint density at radius 2 is 1.39 bits per heavy atom. The topological polar surface area (TPSA) is 82.1 Å². The maximum atomic E-state index is 14.0. The maximum Gasteiger partial charge on any atom is 0.274 e. The Bertz CT molecular complexity index is 1310. The van der Waals surface area contributed by atoms with Gasteiger partial charge in [0.2, 0.25) is 5.75 Å². The van der Waals surface area contributed by atoms with Crippen molar-refractivity contribution in [3.63, 3.8) is 0 Å². The van der Waals surface area contributed by atoms with Gasteiger partial charge >= 0.3 is 0 Å². The zero-order valence-electron chi connectivity index (χ0n) is 22.8. The van der Waals surface area contributed by atoms with Gasteiger partial charge in [0.25, 0.3) is 5.91 Å². The highest BCUT2D eigenvalue weighted by atomic mass is 16.5. The molecule has 1 atom stereocenters. The van der Waals surface area contributed by atoms with E-state index in [-0.39, 0.29) is 11.9 Å². The number of ether oxygens (including phenoxy) is 5. The van der Waals surface area contributed by atoms with Crippen molar-refractivity contribution >= 4 is 17.3 Å². The van der Waals surface area contributed by atoms with Crippen molar-refractivity contribution in [1.29, 1.82) is 0 Å². The number of nitrogens with zero attached hydrogens (tertiary/aromatic N) is 3. The molecule has 0 radical (unpaired) electrons. The smallest absolute Gasteiger partial charge is 0.274 e. The molecule has 0 fully saturated rings. The Balaban J connectivity index is 1.79. The molecule has 1 aliphatic rings.